The third-order valence-electron chi connectivity index (χ3n) is 2.18. The van der Waals surface area contributed by atoms with Crippen LogP contribution in [-0.2, 0) is 0 Å². The number of halogens is 1. The summed E-state index contributed by atoms with van der Waals surface area (Å²) in [5.41, 5.74) is 0.401. The fraction of sp³-hybridized carbons (Fsp3) is 0.0769. The number of hydrogen-bond acceptors (Lipinski definition) is 4. The van der Waals surface area contributed by atoms with Crippen molar-refractivity contribution in [3.63, 3.8) is 0 Å². The first-order chi connectivity index (χ1) is 8.71. The summed E-state index contributed by atoms with van der Waals surface area (Å²) < 4.78 is 10.5. The van der Waals surface area contributed by atoms with Gasteiger partial charge in [0.2, 0.25) is 5.88 Å². The smallest absolute Gasteiger partial charge is 0.221 e. The van der Waals surface area contributed by atoms with Crippen molar-refractivity contribution in [3.8, 4) is 23.4 Å². The number of hydrogen-bond donors (Lipinski definition) is 0. The molecule has 18 heavy (non-hydrogen) atoms. The average Bonchev–Trinajstić information content (AvgIpc) is 2.39. The predicted octanol–water partition coefficient (Wildman–Crippen LogP) is 3.41. The van der Waals surface area contributed by atoms with Crippen molar-refractivity contribution in [1.29, 1.82) is 5.26 Å². The van der Waals surface area contributed by atoms with Gasteiger partial charge >= 0.3 is 0 Å². The fourth-order valence-electron chi connectivity index (χ4n) is 1.35. The summed E-state index contributed by atoms with van der Waals surface area (Å²) in [4.78, 5) is 3.98. The second kappa shape index (κ2) is 5.39. The molecule has 2 aromatic rings. The molecule has 0 amide bonds. The number of nitrogens with zero attached hydrogens (tertiary/aromatic N) is 2. The van der Waals surface area contributed by atoms with Crippen LogP contribution < -0.4 is 9.47 Å². The molecular formula is C13H9ClN2O2. The van der Waals surface area contributed by atoms with E-state index in [1.54, 1.807) is 31.4 Å². The number of rotatable bonds is 3. The molecule has 0 saturated heterocycles. The molecule has 1 heterocycles. The minimum atomic E-state index is 0.220. The van der Waals surface area contributed by atoms with E-state index >= 15 is 0 Å². The molecule has 1 aromatic heterocycles. The molecule has 0 spiro atoms. The van der Waals surface area contributed by atoms with E-state index in [1.165, 1.54) is 12.1 Å². The van der Waals surface area contributed by atoms with Gasteiger partial charge in [-0.3, -0.25) is 0 Å². The maximum Gasteiger partial charge on any atom is 0.221 e. The molecule has 0 aliphatic heterocycles. The van der Waals surface area contributed by atoms with Crippen LogP contribution in [0.5, 0.6) is 17.4 Å². The van der Waals surface area contributed by atoms with Gasteiger partial charge in [0.15, 0.2) is 0 Å². The van der Waals surface area contributed by atoms with Crippen molar-refractivity contribution in [1.82, 2.24) is 4.98 Å². The summed E-state index contributed by atoms with van der Waals surface area (Å²) >= 11 is 5.78. The van der Waals surface area contributed by atoms with Crippen LogP contribution >= 0.6 is 11.6 Å². The minimum Gasteiger partial charge on any atom is -0.497 e. The van der Waals surface area contributed by atoms with Crippen LogP contribution in [0.2, 0.25) is 5.15 Å². The molecule has 0 aliphatic carbocycles. The van der Waals surface area contributed by atoms with E-state index < -0.39 is 0 Å². The van der Waals surface area contributed by atoms with E-state index in [0.29, 0.717) is 11.3 Å². The molecule has 1 aromatic carbocycles. The highest BCUT2D eigenvalue weighted by atomic mass is 35.5. The Morgan fingerprint density at radius 3 is 2.44 bits per heavy atom. The molecule has 0 N–H and O–H groups in total. The number of ether oxygens (including phenoxy) is 2. The first kappa shape index (κ1) is 12.2. The van der Waals surface area contributed by atoms with Crippen LogP contribution in [0, 0.1) is 11.3 Å². The van der Waals surface area contributed by atoms with Crippen LogP contribution in [0.25, 0.3) is 0 Å². The third kappa shape index (κ3) is 2.90. The third-order valence-corrected chi connectivity index (χ3v) is 2.38. The van der Waals surface area contributed by atoms with Crippen molar-refractivity contribution >= 4 is 11.6 Å². The van der Waals surface area contributed by atoms with Crippen molar-refractivity contribution in [2.75, 3.05) is 7.11 Å². The standard InChI is InChI=1S/C13H9ClN2O2/c1-17-10-2-4-11(5-3-10)18-13-7-9(8-15)6-12(14)16-13/h2-7H,1H3. The second-order valence-corrected chi connectivity index (χ2v) is 3.79. The Labute approximate surface area is 109 Å². The van der Waals surface area contributed by atoms with Gasteiger partial charge in [-0.2, -0.15) is 5.26 Å². The first-order valence-corrected chi connectivity index (χ1v) is 5.48. The van der Waals surface area contributed by atoms with Crippen LogP contribution in [0.1, 0.15) is 5.56 Å². The number of methoxy groups -OCH3 is 1. The molecule has 90 valence electrons. The number of aromatic nitrogens is 1. The zero-order valence-electron chi connectivity index (χ0n) is 9.55. The summed E-state index contributed by atoms with van der Waals surface area (Å²) in [6.07, 6.45) is 0. The Balaban J connectivity index is 2.22. The van der Waals surface area contributed by atoms with Crippen LogP contribution in [0.15, 0.2) is 36.4 Å². The summed E-state index contributed by atoms with van der Waals surface area (Å²) in [6.45, 7) is 0. The summed E-state index contributed by atoms with van der Waals surface area (Å²) in [5, 5.41) is 9.03. The van der Waals surface area contributed by atoms with E-state index in [-0.39, 0.29) is 11.0 Å². The molecule has 0 aliphatic rings. The van der Waals surface area contributed by atoms with Crippen LogP contribution in [0.3, 0.4) is 0 Å². The van der Waals surface area contributed by atoms with Gasteiger partial charge in [0.25, 0.3) is 0 Å². The first-order valence-electron chi connectivity index (χ1n) is 5.11. The van der Waals surface area contributed by atoms with E-state index in [2.05, 4.69) is 4.98 Å². The number of nitriles is 1. The lowest BCUT2D eigenvalue weighted by Crippen LogP contribution is -1.90. The molecule has 0 radical (unpaired) electrons. The lowest BCUT2D eigenvalue weighted by atomic mass is 10.3. The Bertz CT molecular complexity index is 591. The summed E-state index contributed by atoms with van der Waals surface area (Å²) in [6, 6.07) is 12.0. The van der Waals surface area contributed by atoms with E-state index in [0.717, 1.165) is 5.75 Å². The summed E-state index contributed by atoms with van der Waals surface area (Å²) in [5.74, 6) is 1.61. The molecule has 0 atom stereocenters. The molecule has 0 fully saturated rings. The van der Waals surface area contributed by atoms with Gasteiger partial charge in [-0.15, -0.1) is 0 Å². The normalized spacial score (nSPS) is 9.61. The highest BCUT2D eigenvalue weighted by Gasteiger charge is 2.03. The highest BCUT2D eigenvalue weighted by molar-refractivity contribution is 6.29. The van der Waals surface area contributed by atoms with Gasteiger partial charge in [0.05, 0.1) is 18.7 Å². The molecular weight excluding hydrogens is 252 g/mol. The van der Waals surface area contributed by atoms with Gasteiger partial charge in [-0.25, -0.2) is 4.98 Å². The lowest BCUT2D eigenvalue weighted by molar-refractivity contribution is 0.412. The monoisotopic (exact) mass is 260 g/mol. The molecule has 4 nitrogen and oxygen atoms in total. The van der Waals surface area contributed by atoms with Gasteiger partial charge in [0, 0.05) is 6.07 Å². The number of benzene rings is 1. The van der Waals surface area contributed by atoms with E-state index in [1.807, 2.05) is 6.07 Å². The topological polar surface area (TPSA) is 55.1 Å². The van der Waals surface area contributed by atoms with Crippen molar-refractivity contribution in [3.05, 3.63) is 47.1 Å². The Morgan fingerprint density at radius 1 is 1.17 bits per heavy atom. The van der Waals surface area contributed by atoms with Crippen molar-refractivity contribution in [2.24, 2.45) is 0 Å². The molecule has 2 rings (SSSR count). The molecule has 0 unspecified atom stereocenters. The maximum absolute atomic E-state index is 8.81. The van der Waals surface area contributed by atoms with Crippen molar-refractivity contribution in [2.45, 2.75) is 0 Å². The Kier molecular flexibility index (Phi) is 3.66. The van der Waals surface area contributed by atoms with Crippen LogP contribution in [0.4, 0.5) is 0 Å². The number of pyridine rings is 1. The largest absolute Gasteiger partial charge is 0.497 e. The highest BCUT2D eigenvalue weighted by Crippen LogP contribution is 2.24. The Hall–Kier alpha value is -2.25. The molecule has 5 heteroatoms. The zero-order chi connectivity index (χ0) is 13.0. The van der Waals surface area contributed by atoms with Gasteiger partial charge in [0.1, 0.15) is 16.7 Å². The predicted molar refractivity (Wildman–Crippen MR) is 67.0 cm³/mol. The van der Waals surface area contributed by atoms with Gasteiger partial charge in [-0.1, -0.05) is 11.6 Å². The second-order valence-electron chi connectivity index (χ2n) is 3.41. The zero-order valence-corrected chi connectivity index (χ0v) is 10.3. The fourth-order valence-corrected chi connectivity index (χ4v) is 1.56. The molecule has 0 saturated carbocycles. The van der Waals surface area contributed by atoms with Gasteiger partial charge in [-0.05, 0) is 30.3 Å². The van der Waals surface area contributed by atoms with E-state index in [9.17, 15) is 0 Å². The van der Waals surface area contributed by atoms with Gasteiger partial charge < -0.3 is 9.47 Å². The Morgan fingerprint density at radius 2 is 1.83 bits per heavy atom. The summed E-state index contributed by atoms with van der Waals surface area (Å²) in [7, 11) is 1.59. The molecule has 0 bridgehead atoms. The van der Waals surface area contributed by atoms with E-state index in [4.69, 9.17) is 26.3 Å². The van der Waals surface area contributed by atoms with Crippen LogP contribution in [-0.4, -0.2) is 12.1 Å². The lowest BCUT2D eigenvalue weighted by Gasteiger charge is -2.06. The minimum absolute atomic E-state index is 0.220. The average molecular weight is 261 g/mol. The quantitative estimate of drug-likeness (QED) is 0.794. The SMILES string of the molecule is COc1ccc(Oc2cc(C#N)cc(Cl)n2)cc1. The maximum atomic E-state index is 8.81. The van der Waals surface area contributed by atoms with Crippen molar-refractivity contribution < 1.29 is 9.47 Å².